The summed E-state index contributed by atoms with van der Waals surface area (Å²) in [6, 6.07) is 4.46. The van der Waals surface area contributed by atoms with Gasteiger partial charge in [-0.25, -0.2) is 27.2 Å². The summed E-state index contributed by atoms with van der Waals surface area (Å²) in [6.45, 7) is 0. The zero-order valence-corrected chi connectivity index (χ0v) is 18.1. The number of methoxy groups -OCH3 is 1. The first kappa shape index (κ1) is 22.1. The Morgan fingerprint density at radius 3 is 2.62 bits per heavy atom. The quantitative estimate of drug-likeness (QED) is 0.571. The molecule has 0 radical (unpaired) electrons. The summed E-state index contributed by atoms with van der Waals surface area (Å²) in [7, 11) is -1.05. The molecule has 1 aliphatic carbocycles. The van der Waals surface area contributed by atoms with Crippen molar-refractivity contribution in [3.63, 3.8) is 0 Å². The lowest BCUT2D eigenvalue weighted by Gasteiger charge is -2.22. The fourth-order valence-electron chi connectivity index (χ4n) is 3.85. The Hall–Kier alpha value is -3.12. The molecule has 4 rings (SSSR count). The van der Waals surface area contributed by atoms with Gasteiger partial charge in [0.25, 0.3) is 10.0 Å². The van der Waals surface area contributed by atoms with Crippen molar-refractivity contribution in [2.24, 2.45) is 7.05 Å². The molecule has 170 valence electrons. The van der Waals surface area contributed by atoms with Gasteiger partial charge in [-0.2, -0.15) is 5.10 Å². The van der Waals surface area contributed by atoms with E-state index >= 15 is 0 Å². The number of aryl methyl sites for hydroxylation is 1. The van der Waals surface area contributed by atoms with Gasteiger partial charge in [-0.3, -0.25) is 9.40 Å². The Morgan fingerprint density at radius 2 is 1.97 bits per heavy atom. The predicted octanol–water partition coefficient (Wildman–Crippen LogP) is 2.63. The Bertz CT molecular complexity index is 1210. The topological polar surface area (TPSA) is 108 Å². The molecule has 9 nitrogen and oxygen atoms in total. The van der Waals surface area contributed by atoms with Crippen LogP contribution < -0.4 is 9.46 Å². The first-order chi connectivity index (χ1) is 15.3. The molecular weight excluding hydrogens is 444 g/mol. The minimum absolute atomic E-state index is 0.0734. The summed E-state index contributed by atoms with van der Waals surface area (Å²) in [4.78, 5) is 6.54. The van der Waals surface area contributed by atoms with Gasteiger partial charge in [-0.15, -0.1) is 0 Å². The Balaban J connectivity index is 1.60. The van der Waals surface area contributed by atoms with Crippen LogP contribution in [0.5, 0.6) is 5.75 Å². The van der Waals surface area contributed by atoms with E-state index < -0.39 is 32.7 Å². The molecule has 0 saturated heterocycles. The Labute approximate surface area is 183 Å². The first-order valence-corrected chi connectivity index (χ1v) is 11.2. The van der Waals surface area contributed by atoms with E-state index in [0.717, 1.165) is 18.1 Å². The lowest BCUT2D eigenvalue weighted by Crippen LogP contribution is -2.23. The molecule has 0 bridgehead atoms. The van der Waals surface area contributed by atoms with Crippen molar-refractivity contribution in [2.45, 2.75) is 35.9 Å². The molecule has 0 spiro atoms. The van der Waals surface area contributed by atoms with E-state index in [4.69, 9.17) is 9.47 Å². The number of aromatic nitrogens is 4. The van der Waals surface area contributed by atoms with Gasteiger partial charge in [0.15, 0.2) is 11.6 Å². The maximum atomic E-state index is 14.8. The van der Waals surface area contributed by atoms with Gasteiger partial charge in [0, 0.05) is 56.7 Å². The van der Waals surface area contributed by atoms with Crippen LogP contribution in [0.15, 0.2) is 47.9 Å². The van der Waals surface area contributed by atoms with Gasteiger partial charge in [0.1, 0.15) is 29.0 Å². The molecular formula is C20H21F2N5O4S. The van der Waals surface area contributed by atoms with Crippen molar-refractivity contribution in [1.82, 2.24) is 19.7 Å². The van der Waals surface area contributed by atoms with E-state index in [1.165, 1.54) is 12.3 Å². The fourth-order valence-corrected chi connectivity index (χ4v) is 4.93. The highest BCUT2D eigenvalue weighted by Gasteiger charge is 2.39. The van der Waals surface area contributed by atoms with E-state index in [-0.39, 0.29) is 23.6 Å². The highest BCUT2D eigenvalue weighted by molar-refractivity contribution is 7.92. The molecule has 12 heteroatoms. The predicted molar refractivity (Wildman–Crippen MR) is 110 cm³/mol. The number of ether oxygens (including phenoxy) is 2. The molecule has 32 heavy (non-hydrogen) atoms. The molecule has 2 heterocycles. The SMILES string of the molecule is CO[C@H]1C[C@H](Oc2cc(F)c(S(=O)(=O)Nc3ccncn3)cc2F)[C@@H](c2ccnn2C)C1. The van der Waals surface area contributed by atoms with E-state index in [1.54, 1.807) is 25.0 Å². The molecule has 1 saturated carbocycles. The van der Waals surface area contributed by atoms with Crippen LogP contribution in [0.4, 0.5) is 14.6 Å². The number of rotatable bonds is 7. The number of sulfonamides is 1. The van der Waals surface area contributed by atoms with Crippen LogP contribution in [-0.2, 0) is 21.8 Å². The standard InChI is InChI=1S/C20H21F2N5O4S/c1-27-16(3-6-25-27)13-7-12(30-2)8-17(13)31-18-9-15(22)19(10-14(18)21)32(28,29)26-20-4-5-23-11-24-20/h3-6,9-13,17H,7-8H2,1-2H3,(H,23,24,26)/t12-,13-,17+/m1/s1. The number of nitrogens with one attached hydrogen (secondary N) is 1. The number of benzene rings is 1. The zero-order chi connectivity index (χ0) is 22.9. The third kappa shape index (κ3) is 4.41. The Morgan fingerprint density at radius 1 is 1.16 bits per heavy atom. The van der Waals surface area contributed by atoms with Gasteiger partial charge < -0.3 is 9.47 Å². The van der Waals surface area contributed by atoms with E-state index in [1.807, 2.05) is 6.07 Å². The average molecular weight is 465 g/mol. The number of nitrogens with zero attached hydrogens (tertiary/aromatic N) is 4. The van der Waals surface area contributed by atoms with Gasteiger partial charge in [0.05, 0.1) is 6.10 Å². The lowest BCUT2D eigenvalue weighted by atomic mass is 10.0. The highest BCUT2D eigenvalue weighted by atomic mass is 32.2. The molecule has 3 atom stereocenters. The molecule has 1 N–H and O–H groups in total. The van der Waals surface area contributed by atoms with Crippen LogP contribution in [0.25, 0.3) is 0 Å². The average Bonchev–Trinajstić information content (AvgIpc) is 3.36. The van der Waals surface area contributed by atoms with Crippen LogP contribution in [0.2, 0.25) is 0 Å². The monoisotopic (exact) mass is 465 g/mol. The van der Waals surface area contributed by atoms with Gasteiger partial charge in [-0.05, 0) is 18.6 Å². The van der Waals surface area contributed by atoms with Gasteiger partial charge in [-0.1, -0.05) is 0 Å². The van der Waals surface area contributed by atoms with Crippen LogP contribution >= 0.6 is 0 Å². The fraction of sp³-hybridized carbons (Fsp3) is 0.350. The van der Waals surface area contributed by atoms with E-state index in [0.29, 0.717) is 18.9 Å². The molecule has 0 amide bonds. The summed E-state index contributed by atoms with van der Waals surface area (Å²) in [5.41, 5.74) is 0.878. The van der Waals surface area contributed by atoms with Crippen molar-refractivity contribution in [3.8, 4) is 5.75 Å². The van der Waals surface area contributed by atoms with Crippen LogP contribution in [0.1, 0.15) is 24.5 Å². The van der Waals surface area contributed by atoms with Crippen LogP contribution in [0.3, 0.4) is 0 Å². The number of anilines is 1. The lowest BCUT2D eigenvalue weighted by molar-refractivity contribution is 0.0937. The zero-order valence-electron chi connectivity index (χ0n) is 17.3. The van der Waals surface area contributed by atoms with E-state index in [2.05, 4.69) is 19.8 Å². The number of hydrogen-bond donors (Lipinski definition) is 1. The maximum absolute atomic E-state index is 14.8. The summed E-state index contributed by atoms with van der Waals surface area (Å²) >= 11 is 0. The van der Waals surface area contributed by atoms with Crippen LogP contribution in [0, 0.1) is 11.6 Å². The number of hydrogen-bond acceptors (Lipinski definition) is 7. The van der Waals surface area contributed by atoms with Crippen molar-refractivity contribution in [2.75, 3.05) is 11.8 Å². The first-order valence-electron chi connectivity index (χ1n) is 9.73. The minimum atomic E-state index is -4.42. The second kappa shape index (κ2) is 8.79. The molecule has 1 fully saturated rings. The van der Waals surface area contributed by atoms with Gasteiger partial charge >= 0.3 is 0 Å². The highest BCUT2D eigenvalue weighted by Crippen LogP contribution is 2.39. The largest absolute Gasteiger partial charge is 0.486 e. The third-order valence-electron chi connectivity index (χ3n) is 5.41. The third-order valence-corrected chi connectivity index (χ3v) is 6.78. The Kier molecular flexibility index (Phi) is 6.07. The van der Waals surface area contributed by atoms with Crippen molar-refractivity contribution in [3.05, 3.63) is 60.3 Å². The van der Waals surface area contributed by atoms with Crippen molar-refractivity contribution in [1.29, 1.82) is 0 Å². The van der Waals surface area contributed by atoms with Gasteiger partial charge in [0.2, 0.25) is 0 Å². The molecule has 1 aromatic carbocycles. The maximum Gasteiger partial charge on any atom is 0.266 e. The van der Waals surface area contributed by atoms with Crippen LogP contribution in [-0.4, -0.2) is 47.5 Å². The summed E-state index contributed by atoms with van der Waals surface area (Å²) in [6.07, 6.45) is 4.54. The normalized spacial score (nSPS) is 20.9. The molecule has 3 aromatic rings. The number of halogens is 2. The minimum Gasteiger partial charge on any atom is -0.486 e. The summed E-state index contributed by atoms with van der Waals surface area (Å²) in [5, 5.41) is 4.16. The molecule has 1 aliphatic rings. The molecule has 2 aromatic heterocycles. The summed E-state index contributed by atoms with van der Waals surface area (Å²) in [5.74, 6) is -2.76. The molecule has 0 aliphatic heterocycles. The smallest absolute Gasteiger partial charge is 0.266 e. The van der Waals surface area contributed by atoms with E-state index in [9.17, 15) is 17.2 Å². The molecule has 0 unspecified atom stereocenters. The summed E-state index contributed by atoms with van der Waals surface area (Å²) < 4.78 is 69.6. The second-order valence-electron chi connectivity index (χ2n) is 7.38. The van der Waals surface area contributed by atoms with Crippen molar-refractivity contribution >= 4 is 15.8 Å². The van der Waals surface area contributed by atoms with Crippen molar-refractivity contribution < 1.29 is 26.7 Å². The second-order valence-corrected chi connectivity index (χ2v) is 9.04.